The van der Waals surface area contributed by atoms with Gasteiger partial charge in [0.15, 0.2) is 0 Å². The smallest absolute Gasteiger partial charge is 0.225 e. The number of ketones is 1. The van der Waals surface area contributed by atoms with Crippen molar-refractivity contribution >= 4 is 17.5 Å². The van der Waals surface area contributed by atoms with E-state index in [9.17, 15) is 14.7 Å². The molecule has 2 saturated heterocycles. The monoisotopic (exact) mass is 423 g/mol. The first-order chi connectivity index (χ1) is 14.9. The molecule has 2 aliphatic heterocycles. The van der Waals surface area contributed by atoms with Gasteiger partial charge in [0.2, 0.25) is 11.7 Å². The molecule has 0 saturated carbocycles. The van der Waals surface area contributed by atoms with Gasteiger partial charge in [-0.05, 0) is 55.8 Å². The van der Waals surface area contributed by atoms with E-state index in [1.807, 2.05) is 17.0 Å². The second-order valence-electron chi connectivity index (χ2n) is 8.54. The number of carbonyl (C=O) groups excluding carboxylic acids is 2. The highest BCUT2D eigenvalue weighted by Crippen LogP contribution is 2.28. The molecule has 2 fully saturated rings. The molecule has 8 nitrogen and oxygen atoms in total. The quantitative estimate of drug-likeness (QED) is 0.701. The zero-order chi connectivity index (χ0) is 21.8. The van der Waals surface area contributed by atoms with Gasteiger partial charge >= 0.3 is 0 Å². The van der Waals surface area contributed by atoms with Gasteiger partial charge in [0.05, 0.1) is 0 Å². The Morgan fingerprint density at radius 1 is 1.06 bits per heavy atom. The number of aliphatic hydroxyl groups is 1. The molecule has 1 amide bonds. The SMILES string of the molecule is Nc1cc(CN2CCC(C(=O)N3CCC(O)(C(=O)c4ccccn4)CC3)CC2)ccn1. The topological polar surface area (TPSA) is 113 Å². The fourth-order valence-electron chi connectivity index (χ4n) is 4.51. The number of carbonyl (C=O) groups is 2. The van der Waals surface area contributed by atoms with Crippen LogP contribution in [0.5, 0.6) is 0 Å². The molecule has 0 unspecified atom stereocenters. The summed E-state index contributed by atoms with van der Waals surface area (Å²) in [5.41, 5.74) is 5.71. The molecule has 31 heavy (non-hydrogen) atoms. The number of amides is 1. The third-order valence-electron chi connectivity index (χ3n) is 6.41. The fraction of sp³-hybridized carbons (Fsp3) is 0.478. The van der Waals surface area contributed by atoms with Crippen molar-refractivity contribution in [2.45, 2.75) is 37.8 Å². The molecule has 2 aromatic heterocycles. The van der Waals surface area contributed by atoms with E-state index in [0.29, 0.717) is 18.9 Å². The van der Waals surface area contributed by atoms with Gasteiger partial charge in [0, 0.05) is 50.8 Å². The Hall–Kier alpha value is -2.84. The summed E-state index contributed by atoms with van der Waals surface area (Å²) in [5.74, 6) is 0.302. The van der Waals surface area contributed by atoms with Gasteiger partial charge in [-0.2, -0.15) is 0 Å². The lowest BCUT2D eigenvalue weighted by Gasteiger charge is -2.39. The highest BCUT2D eigenvalue weighted by Gasteiger charge is 2.42. The van der Waals surface area contributed by atoms with Crippen LogP contribution >= 0.6 is 0 Å². The summed E-state index contributed by atoms with van der Waals surface area (Å²) in [6, 6.07) is 8.94. The first-order valence-electron chi connectivity index (χ1n) is 10.8. The average molecular weight is 424 g/mol. The minimum atomic E-state index is -1.44. The maximum atomic E-state index is 13.0. The molecule has 0 bridgehead atoms. The predicted octanol–water partition coefficient (Wildman–Crippen LogP) is 1.51. The minimum Gasteiger partial charge on any atom is -0.384 e. The minimum absolute atomic E-state index is 0.00329. The lowest BCUT2D eigenvalue weighted by molar-refractivity contribution is -0.140. The normalized spacial score (nSPS) is 19.8. The lowest BCUT2D eigenvalue weighted by Crippen LogP contribution is -2.53. The molecule has 0 atom stereocenters. The van der Waals surface area contributed by atoms with Crippen molar-refractivity contribution < 1.29 is 14.7 Å². The van der Waals surface area contributed by atoms with Crippen LogP contribution in [0.4, 0.5) is 5.82 Å². The predicted molar refractivity (Wildman–Crippen MR) is 116 cm³/mol. The number of hydrogen-bond acceptors (Lipinski definition) is 7. The number of piperidine rings is 2. The molecule has 4 heterocycles. The summed E-state index contributed by atoms with van der Waals surface area (Å²) in [4.78, 5) is 37.9. The van der Waals surface area contributed by atoms with Crippen LogP contribution in [0.3, 0.4) is 0 Å². The number of rotatable bonds is 5. The summed E-state index contributed by atoms with van der Waals surface area (Å²) in [5, 5.41) is 10.8. The molecule has 0 radical (unpaired) electrons. The van der Waals surface area contributed by atoms with E-state index in [0.717, 1.165) is 38.0 Å². The standard InChI is InChI=1S/C23H29N5O3/c24-20-15-17(4-10-26-20)16-27-11-5-18(6-12-27)22(30)28-13-7-23(31,8-14-28)21(29)19-3-1-2-9-25-19/h1-4,9-10,15,18,31H,5-8,11-14,16H2,(H2,24,26). The Bertz CT molecular complexity index is 920. The van der Waals surface area contributed by atoms with E-state index in [-0.39, 0.29) is 36.1 Å². The maximum absolute atomic E-state index is 13.0. The molecular weight excluding hydrogens is 394 g/mol. The number of pyridine rings is 2. The van der Waals surface area contributed by atoms with Crippen molar-refractivity contribution in [2.24, 2.45) is 5.92 Å². The van der Waals surface area contributed by atoms with Crippen molar-refractivity contribution in [1.29, 1.82) is 0 Å². The van der Waals surface area contributed by atoms with Crippen molar-refractivity contribution in [3.05, 3.63) is 54.0 Å². The molecule has 0 spiro atoms. The Morgan fingerprint density at radius 3 is 2.45 bits per heavy atom. The lowest BCUT2D eigenvalue weighted by atomic mass is 9.84. The van der Waals surface area contributed by atoms with Crippen LogP contribution in [0.1, 0.15) is 41.7 Å². The zero-order valence-corrected chi connectivity index (χ0v) is 17.6. The van der Waals surface area contributed by atoms with E-state index in [1.54, 1.807) is 30.6 Å². The molecule has 2 aliphatic rings. The van der Waals surface area contributed by atoms with E-state index in [2.05, 4.69) is 14.9 Å². The highest BCUT2D eigenvalue weighted by atomic mass is 16.3. The third-order valence-corrected chi connectivity index (χ3v) is 6.41. The first kappa shape index (κ1) is 21.4. The van der Waals surface area contributed by atoms with Crippen molar-refractivity contribution in [3.63, 3.8) is 0 Å². The number of nitrogens with zero attached hydrogens (tertiary/aromatic N) is 4. The molecule has 2 aromatic rings. The third kappa shape index (κ3) is 4.91. The Kier molecular flexibility index (Phi) is 6.29. The number of anilines is 1. The number of likely N-dealkylation sites (tertiary alicyclic amines) is 2. The summed E-state index contributed by atoms with van der Waals surface area (Å²) in [6.45, 7) is 3.30. The second kappa shape index (κ2) is 9.11. The van der Waals surface area contributed by atoms with Crippen molar-refractivity contribution in [2.75, 3.05) is 31.9 Å². The van der Waals surface area contributed by atoms with Gasteiger partial charge in [-0.1, -0.05) is 6.07 Å². The van der Waals surface area contributed by atoms with E-state index in [4.69, 9.17) is 5.73 Å². The van der Waals surface area contributed by atoms with Gasteiger partial charge in [-0.15, -0.1) is 0 Å². The van der Waals surface area contributed by atoms with Crippen LogP contribution in [0, 0.1) is 5.92 Å². The maximum Gasteiger partial charge on any atom is 0.225 e. The van der Waals surface area contributed by atoms with Gasteiger partial charge < -0.3 is 15.7 Å². The molecule has 8 heteroatoms. The summed E-state index contributed by atoms with van der Waals surface area (Å²) >= 11 is 0. The van der Waals surface area contributed by atoms with Gasteiger partial charge in [-0.25, -0.2) is 4.98 Å². The summed E-state index contributed by atoms with van der Waals surface area (Å²) in [6.07, 6.45) is 5.38. The van der Waals surface area contributed by atoms with E-state index >= 15 is 0 Å². The number of nitrogens with two attached hydrogens (primary N) is 1. The molecule has 164 valence electrons. The van der Waals surface area contributed by atoms with Crippen LogP contribution in [0.2, 0.25) is 0 Å². The molecule has 0 aromatic carbocycles. The Morgan fingerprint density at radius 2 is 1.81 bits per heavy atom. The fourth-order valence-corrected chi connectivity index (χ4v) is 4.51. The van der Waals surface area contributed by atoms with Crippen molar-refractivity contribution in [3.8, 4) is 0 Å². The molecular formula is C23H29N5O3. The zero-order valence-electron chi connectivity index (χ0n) is 17.6. The summed E-state index contributed by atoms with van der Waals surface area (Å²) < 4.78 is 0. The number of hydrogen-bond donors (Lipinski definition) is 2. The molecule has 0 aliphatic carbocycles. The van der Waals surface area contributed by atoms with Crippen molar-refractivity contribution in [1.82, 2.24) is 19.8 Å². The van der Waals surface area contributed by atoms with E-state index in [1.165, 1.54) is 0 Å². The van der Waals surface area contributed by atoms with E-state index < -0.39 is 5.60 Å². The van der Waals surface area contributed by atoms with Crippen LogP contribution in [0.25, 0.3) is 0 Å². The molecule has 4 rings (SSSR count). The van der Waals surface area contributed by atoms with Gasteiger partial charge in [0.1, 0.15) is 17.1 Å². The first-order valence-corrected chi connectivity index (χ1v) is 10.8. The molecule has 3 N–H and O–H groups in total. The van der Waals surface area contributed by atoms with Gasteiger partial charge in [0.25, 0.3) is 0 Å². The van der Waals surface area contributed by atoms with Crippen LogP contribution in [0.15, 0.2) is 42.7 Å². The summed E-state index contributed by atoms with van der Waals surface area (Å²) in [7, 11) is 0. The average Bonchev–Trinajstić information content (AvgIpc) is 2.80. The van der Waals surface area contributed by atoms with Crippen LogP contribution in [-0.4, -0.2) is 68.3 Å². The number of nitrogen functional groups attached to an aromatic ring is 1. The van der Waals surface area contributed by atoms with Gasteiger partial charge in [-0.3, -0.25) is 19.5 Å². The number of aromatic nitrogens is 2. The Balaban J connectivity index is 1.27. The highest BCUT2D eigenvalue weighted by molar-refractivity contribution is 6.00. The largest absolute Gasteiger partial charge is 0.384 e. The Labute approximate surface area is 182 Å². The second-order valence-corrected chi connectivity index (χ2v) is 8.54. The van der Waals surface area contributed by atoms with Crippen LogP contribution in [-0.2, 0) is 11.3 Å². The number of Topliss-reactive ketones (excluding diaryl/α,β-unsaturated/α-hetero) is 1. The van der Waals surface area contributed by atoms with Crippen LogP contribution < -0.4 is 5.73 Å².